The Labute approximate surface area is 176 Å². The van der Waals surface area contributed by atoms with E-state index in [0.717, 1.165) is 48.2 Å². The summed E-state index contributed by atoms with van der Waals surface area (Å²) in [5.41, 5.74) is 2.60. The molecule has 1 unspecified atom stereocenters. The Hall–Kier alpha value is -3.15. The average molecular weight is 402 g/mol. The van der Waals surface area contributed by atoms with E-state index in [4.69, 9.17) is 9.97 Å². The van der Waals surface area contributed by atoms with E-state index in [9.17, 15) is 9.90 Å². The van der Waals surface area contributed by atoms with Crippen LogP contribution in [-0.4, -0.2) is 40.1 Å². The minimum absolute atomic E-state index is 0.134. The van der Waals surface area contributed by atoms with Crippen LogP contribution in [0.5, 0.6) is 5.75 Å². The zero-order valence-electron chi connectivity index (χ0n) is 17.3. The van der Waals surface area contributed by atoms with Crippen LogP contribution < -0.4 is 10.2 Å². The lowest BCUT2D eigenvalue weighted by Crippen LogP contribution is -2.38. The van der Waals surface area contributed by atoms with Crippen LogP contribution in [0.2, 0.25) is 0 Å². The van der Waals surface area contributed by atoms with Crippen LogP contribution >= 0.6 is 0 Å². The second kappa shape index (κ2) is 7.27. The lowest BCUT2D eigenvalue weighted by Gasteiger charge is -2.21. The van der Waals surface area contributed by atoms with Gasteiger partial charge < -0.3 is 15.3 Å². The van der Waals surface area contributed by atoms with Crippen LogP contribution in [0.1, 0.15) is 25.3 Å². The maximum atomic E-state index is 12.4. The molecule has 30 heavy (non-hydrogen) atoms. The quantitative estimate of drug-likeness (QED) is 0.696. The Balaban J connectivity index is 1.49. The van der Waals surface area contributed by atoms with Crippen molar-refractivity contribution in [1.29, 1.82) is 0 Å². The van der Waals surface area contributed by atoms with Crippen LogP contribution in [0.25, 0.3) is 22.3 Å². The lowest BCUT2D eigenvalue weighted by molar-refractivity contribution is -0.123. The fourth-order valence-electron chi connectivity index (χ4n) is 4.31. The fraction of sp³-hybridized carbons (Fsp3) is 0.375. The molecule has 6 nitrogen and oxygen atoms in total. The monoisotopic (exact) mass is 402 g/mol. The first kappa shape index (κ1) is 18.9. The van der Waals surface area contributed by atoms with E-state index in [-0.39, 0.29) is 23.6 Å². The zero-order valence-corrected chi connectivity index (χ0v) is 17.3. The number of nitrogens with zero attached hydrogens (tertiary/aromatic N) is 3. The molecule has 0 spiro atoms. The largest absolute Gasteiger partial charge is 0.507 e. The molecule has 3 atom stereocenters. The average Bonchev–Trinajstić information content (AvgIpc) is 3.29. The summed E-state index contributed by atoms with van der Waals surface area (Å²) in [5, 5.41) is 14.5. The summed E-state index contributed by atoms with van der Waals surface area (Å²) in [6.07, 6.45) is 1.90. The number of carbonyl (C=O) groups is 1. The van der Waals surface area contributed by atoms with Gasteiger partial charge >= 0.3 is 0 Å². The maximum absolute atomic E-state index is 12.4. The van der Waals surface area contributed by atoms with Crippen molar-refractivity contribution in [3.05, 3.63) is 48.0 Å². The molecule has 2 N–H and O–H groups in total. The van der Waals surface area contributed by atoms with Gasteiger partial charge in [-0.1, -0.05) is 25.1 Å². The molecule has 2 aliphatic rings. The molecule has 2 fully saturated rings. The molecular weight excluding hydrogens is 376 g/mol. The molecule has 1 aromatic heterocycles. The molecule has 154 valence electrons. The molecule has 5 rings (SSSR count). The van der Waals surface area contributed by atoms with Gasteiger partial charge in [0.05, 0.1) is 11.1 Å². The molecule has 1 saturated heterocycles. The van der Waals surface area contributed by atoms with Crippen LogP contribution in [0, 0.1) is 18.8 Å². The highest BCUT2D eigenvalue weighted by Crippen LogP contribution is 2.38. The summed E-state index contributed by atoms with van der Waals surface area (Å²) in [7, 11) is 0. The molecular formula is C24H26N4O2. The molecule has 1 saturated carbocycles. The Morgan fingerprint density at radius 3 is 2.77 bits per heavy atom. The second-order valence-corrected chi connectivity index (χ2v) is 8.67. The molecule has 0 bridgehead atoms. The van der Waals surface area contributed by atoms with Crippen molar-refractivity contribution in [3.8, 4) is 17.1 Å². The SMILES string of the molecule is Cc1ccc2c(N3CC[C@@H](NC(=O)C4C[C@@H]4C)C3)nc(-c3ccccc3O)nc2c1. The van der Waals surface area contributed by atoms with Gasteiger partial charge in [0.15, 0.2) is 5.82 Å². The zero-order chi connectivity index (χ0) is 20.8. The summed E-state index contributed by atoms with van der Waals surface area (Å²) < 4.78 is 0. The number of fused-ring (bicyclic) bond motifs is 1. The molecule has 6 heteroatoms. The number of phenolic OH excluding ortho intramolecular Hbond substituents is 1. The first-order valence-corrected chi connectivity index (χ1v) is 10.6. The van der Waals surface area contributed by atoms with E-state index >= 15 is 0 Å². The van der Waals surface area contributed by atoms with Crippen molar-refractivity contribution in [2.45, 2.75) is 32.7 Å². The van der Waals surface area contributed by atoms with Gasteiger partial charge in [-0.3, -0.25) is 4.79 Å². The van der Waals surface area contributed by atoms with Crippen molar-refractivity contribution in [3.63, 3.8) is 0 Å². The van der Waals surface area contributed by atoms with Crippen LogP contribution in [-0.2, 0) is 4.79 Å². The summed E-state index contributed by atoms with van der Waals surface area (Å²) in [4.78, 5) is 24.2. The molecule has 1 aliphatic carbocycles. The highest BCUT2D eigenvalue weighted by Gasteiger charge is 2.40. The van der Waals surface area contributed by atoms with Gasteiger partial charge in [0.1, 0.15) is 11.6 Å². The summed E-state index contributed by atoms with van der Waals surface area (Å²) in [6.45, 7) is 5.72. The number of hydrogen-bond acceptors (Lipinski definition) is 5. The van der Waals surface area contributed by atoms with Gasteiger partial charge in [-0.15, -0.1) is 0 Å². The minimum Gasteiger partial charge on any atom is -0.507 e. The molecule has 1 amide bonds. The normalized spacial score (nSPS) is 23.0. The van der Waals surface area contributed by atoms with Crippen molar-refractivity contribution in [2.24, 2.45) is 11.8 Å². The Kier molecular flexibility index (Phi) is 4.57. The number of aromatic nitrogens is 2. The Morgan fingerprint density at radius 1 is 1.20 bits per heavy atom. The van der Waals surface area contributed by atoms with E-state index in [2.05, 4.69) is 29.3 Å². The third kappa shape index (κ3) is 3.47. The molecule has 3 aromatic rings. The fourth-order valence-corrected chi connectivity index (χ4v) is 4.31. The number of benzene rings is 2. The van der Waals surface area contributed by atoms with Crippen LogP contribution in [0.3, 0.4) is 0 Å². The number of rotatable bonds is 4. The van der Waals surface area contributed by atoms with Crippen molar-refractivity contribution >= 4 is 22.6 Å². The predicted octanol–water partition coefficient (Wildman–Crippen LogP) is 3.66. The smallest absolute Gasteiger partial charge is 0.223 e. The van der Waals surface area contributed by atoms with E-state index < -0.39 is 0 Å². The number of aryl methyl sites for hydroxylation is 1. The lowest BCUT2D eigenvalue weighted by atomic mass is 10.1. The molecule has 2 aromatic carbocycles. The van der Waals surface area contributed by atoms with Gasteiger partial charge in [0, 0.05) is 30.4 Å². The van der Waals surface area contributed by atoms with E-state index in [1.54, 1.807) is 12.1 Å². The molecule has 0 radical (unpaired) electrons. The highest BCUT2D eigenvalue weighted by molar-refractivity contribution is 5.92. The first-order chi connectivity index (χ1) is 14.5. The molecule has 1 aliphatic heterocycles. The number of amides is 1. The minimum atomic E-state index is 0.134. The second-order valence-electron chi connectivity index (χ2n) is 8.67. The highest BCUT2D eigenvalue weighted by atomic mass is 16.3. The Bertz CT molecular complexity index is 1130. The Morgan fingerprint density at radius 2 is 2.00 bits per heavy atom. The van der Waals surface area contributed by atoms with E-state index in [1.807, 2.05) is 25.1 Å². The van der Waals surface area contributed by atoms with E-state index in [0.29, 0.717) is 17.3 Å². The summed E-state index contributed by atoms with van der Waals surface area (Å²) >= 11 is 0. The third-order valence-corrected chi connectivity index (χ3v) is 6.26. The van der Waals surface area contributed by atoms with Crippen molar-refractivity contribution in [2.75, 3.05) is 18.0 Å². The third-order valence-electron chi connectivity index (χ3n) is 6.26. The maximum Gasteiger partial charge on any atom is 0.223 e. The number of carbonyl (C=O) groups excluding carboxylic acids is 1. The van der Waals surface area contributed by atoms with Crippen LogP contribution in [0.15, 0.2) is 42.5 Å². The van der Waals surface area contributed by atoms with Gasteiger partial charge in [-0.05, 0) is 55.5 Å². The standard InChI is InChI=1S/C24H26N4O2/c1-14-7-8-17-20(11-14)26-22(18-5-3-4-6-21(18)29)27-23(17)28-10-9-16(13-28)25-24(30)19-12-15(19)2/h3-8,11,15-16,19,29H,9-10,12-13H2,1-2H3,(H,25,30)/t15-,16+,19?/m0/s1. The van der Waals surface area contributed by atoms with Crippen molar-refractivity contribution < 1.29 is 9.90 Å². The van der Waals surface area contributed by atoms with Crippen LogP contribution in [0.4, 0.5) is 5.82 Å². The topological polar surface area (TPSA) is 78.4 Å². The first-order valence-electron chi connectivity index (χ1n) is 10.6. The number of hydrogen-bond donors (Lipinski definition) is 2. The number of para-hydroxylation sites is 1. The van der Waals surface area contributed by atoms with E-state index in [1.165, 1.54) is 0 Å². The van der Waals surface area contributed by atoms with Crippen molar-refractivity contribution in [1.82, 2.24) is 15.3 Å². The summed E-state index contributed by atoms with van der Waals surface area (Å²) in [5.74, 6) is 2.43. The van der Waals surface area contributed by atoms with Gasteiger partial charge in [0.25, 0.3) is 0 Å². The van der Waals surface area contributed by atoms with Gasteiger partial charge in [-0.25, -0.2) is 9.97 Å². The molecule has 2 heterocycles. The number of phenols is 1. The summed E-state index contributed by atoms with van der Waals surface area (Å²) in [6, 6.07) is 13.5. The number of nitrogens with one attached hydrogen (secondary N) is 1. The number of aromatic hydroxyl groups is 1. The van der Waals surface area contributed by atoms with Gasteiger partial charge in [-0.2, -0.15) is 0 Å². The van der Waals surface area contributed by atoms with Gasteiger partial charge in [0.2, 0.25) is 5.91 Å². The number of anilines is 1. The predicted molar refractivity (Wildman–Crippen MR) is 117 cm³/mol.